The molecular formula is C26H19N5O2S. The van der Waals surface area contributed by atoms with Crippen molar-refractivity contribution in [1.82, 2.24) is 19.7 Å². The lowest BCUT2D eigenvalue weighted by Crippen LogP contribution is -2.17. The average Bonchev–Trinajstić information content (AvgIpc) is 3.54. The Morgan fingerprint density at radius 1 is 0.941 bits per heavy atom. The van der Waals surface area contributed by atoms with Gasteiger partial charge in [-0.15, -0.1) is 11.3 Å². The number of benzene rings is 2. The molecule has 0 atom stereocenters. The van der Waals surface area contributed by atoms with Gasteiger partial charge in [-0.05, 0) is 23.1 Å². The zero-order valence-corrected chi connectivity index (χ0v) is 18.7. The number of nitrogens with one attached hydrogen (secondary N) is 2. The molecule has 2 N–H and O–H groups in total. The van der Waals surface area contributed by atoms with Crippen LogP contribution >= 0.6 is 11.3 Å². The van der Waals surface area contributed by atoms with Crippen molar-refractivity contribution in [3.05, 3.63) is 112 Å². The van der Waals surface area contributed by atoms with Crippen LogP contribution in [0, 0.1) is 0 Å². The van der Waals surface area contributed by atoms with Gasteiger partial charge in [0, 0.05) is 23.8 Å². The Morgan fingerprint density at radius 3 is 2.44 bits per heavy atom. The second-order valence-corrected chi connectivity index (χ2v) is 8.31. The number of hydrogen-bond donors (Lipinski definition) is 2. The lowest BCUT2D eigenvalue weighted by atomic mass is 10.1. The third-order valence-corrected chi connectivity index (χ3v) is 5.85. The molecule has 0 radical (unpaired) electrons. The summed E-state index contributed by atoms with van der Waals surface area (Å²) in [5.74, 6) is 0.264. The minimum atomic E-state index is -0.329. The van der Waals surface area contributed by atoms with Crippen LogP contribution in [-0.2, 0) is 4.79 Å². The molecule has 34 heavy (non-hydrogen) atoms. The summed E-state index contributed by atoms with van der Waals surface area (Å²) in [4.78, 5) is 33.4. The molecule has 0 fully saturated rings. The maximum atomic E-state index is 12.7. The molecule has 166 valence electrons. The van der Waals surface area contributed by atoms with E-state index in [-0.39, 0.29) is 17.4 Å². The highest BCUT2D eigenvalue weighted by molar-refractivity contribution is 7.13. The molecule has 5 aromatic rings. The Labute approximate surface area is 199 Å². The van der Waals surface area contributed by atoms with Gasteiger partial charge in [0.1, 0.15) is 11.5 Å². The summed E-state index contributed by atoms with van der Waals surface area (Å²) in [7, 11) is 0. The molecule has 7 nitrogen and oxygen atoms in total. The van der Waals surface area contributed by atoms with E-state index in [4.69, 9.17) is 0 Å². The van der Waals surface area contributed by atoms with Crippen LogP contribution in [0.2, 0.25) is 0 Å². The van der Waals surface area contributed by atoms with E-state index in [1.165, 1.54) is 28.2 Å². The van der Waals surface area contributed by atoms with Gasteiger partial charge in [0.2, 0.25) is 11.9 Å². The Morgan fingerprint density at radius 2 is 1.71 bits per heavy atom. The standard InChI is InChI=1S/C26H19N5O2S/c32-24(14-13-18-8-3-1-4-9-18)28-23-16-21(22-12-7-15-34-22)30-31(23)26-27-20(17-25(33)29-26)19-10-5-2-6-11-19/h1-17H,(H,28,32)(H,27,29,33)/b14-13-. The molecule has 3 heterocycles. The van der Waals surface area contributed by atoms with E-state index < -0.39 is 0 Å². The molecule has 3 aromatic heterocycles. The highest BCUT2D eigenvalue weighted by Gasteiger charge is 2.16. The molecule has 0 unspecified atom stereocenters. The summed E-state index contributed by atoms with van der Waals surface area (Å²) < 4.78 is 1.44. The van der Waals surface area contributed by atoms with Crippen LogP contribution in [-0.4, -0.2) is 25.7 Å². The lowest BCUT2D eigenvalue weighted by Gasteiger charge is -2.08. The third kappa shape index (κ3) is 4.77. The van der Waals surface area contributed by atoms with E-state index in [0.29, 0.717) is 17.2 Å². The topological polar surface area (TPSA) is 92.7 Å². The number of rotatable bonds is 6. The number of anilines is 1. The maximum Gasteiger partial charge on any atom is 0.252 e. The number of carbonyl (C=O) groups is 1. The van der Waals surface area contributed by atoms with Gasteiger partial charge >= 0.3 is 0 Å². The number of thiophene rings is 1. The van der Waals surface area contributed by atoms with Crippen molar-refractivity contribution in [2.45, 2.75) is 0 Å². The summed E-state index contributed by atoms with van der Waals surface area (Å²) in [6.45, 7) is 0. The van der Waals surface area contributed by atoms with Gasteiger partial charge in [-0.1, -0.05) is 66.7 Å². The van der Waals surface area contributed by atoms with Crippen LogP contribution in [0.25, 0.3) is 33.9 Å². The number of aromatic nitrogens is 4. The van der Waals surface area contributed by atoms with Crippen LogP contribution < -0.4 is 10.9 Å². The number of carbonyl (C=O) groups excluding carboxylic acids is 1. The Kier molecular flexibility index (Phi) is 5.96. The first-order valence-electron chi connectivity index (χ1n) is 10.5. The predicted octanol–water partition coefficient (Wildman–Crippen LogP) is 5.00. The summed E-state index contributed by atoms with van der Waals surface area (Å²) in [5, 5.41) is 9.43. The monoisotopic (exact) mass is 465 g/mol. The van der Waals surface area contributed by atoms with E-state index in [2.05, 4.69) is 20.4 Å². The summed E-state index contributed by atoms with van der Waals surface area (Å²) in [6.07, 6.45) is 3.18. The Hall–Kier alpha value is -4.56. The van der Waals surface area contributed by atoms with Crippen molar-refractivity contribution >= 4 is 29.1 Å². The molecule has 0 saturated heterocycles. The Bertz CT molecular complexity index is 1500. The minimum absolute atomic E-state index is 0.205. The van der Waals surface area contributed by atoms with Crippen LogP contribution in [0.1, 0.15) is 5.56 Å². The van der Waals surface area contributed by atoms with E-state index in [0.717, 1.165) is 16.0 Å². The van der Waals surface area contributed by atoms with Crippen molar-refractivity contribution in [3.8, 4) is 27.8 Å². The quantitative estimate of drug-likeness (QED) is 0.345. The van der Waals surface area contributed by atoms with Crippen molar-refractivity contribution in [1.29, 1.82) is 0 Å². The van der Waals surface area contributed by atoms with Crippen molar-refractivity contribution < 1.29 is 4.79 Å². The Balaban J connectivity index is 1.53. The van der Waals surface area contributed by atoms with E-state index in [1.807, 2.05) is 78.2 Å². The first-order chi connectivity index (χ1) is 16.7. The highest BCUT2D eigenvalue weighted by Crippen LogP contribution is 2.27. The largest absolute Gasteiger partial charge is 0.307 e. The SMILES string of the molecule is O=C(/C=C\c1ccccc1)Nc1cc(-c2cccs2)nn1-c1nc(-c2ccccc2)cc(=O)[nH]1. The molecule has 8 heteroatoms. The van der Waals surface area contributed by atoms with Gasteiger partial charge in [-0.2, -0.15) is 9.78 Å². The van der Waals surface area contributed by atoms with Gasteiger partial charge in [0.25, 0.3) is 5.56 Å². The van der Waals surface area contributed by atoms with Gasteiger partial charge in [-0.25, -0.2) is 4.98 Å². The fourth-order valence-electron chi connectivity index (χ4n) is 3.38. The summed E-state index contributed by atoms with van der Waals surface area (Å²) in [5.41, 5.74) is 2.56. The molecule has 5 rings (SSSR count). The molecule has 1 amide bonds. The molecule has 0 bridgehead atoms. The predicted molar refractivity (Wildman–Crippen MR) is 135 cm³/mol. The lowest BCUT2D eigenvalue weighted by molar-refractivity contribution is -0.111. The van der Waals surface area contributed by atoms with Crippen molar-refractivity contribution in [2.24, 2.45) is 0 Å². The minimum Gasteiger partial charge on any atom is -0.307 e. The zero-order chi connectivity index (χ0) is 23.3. The molecule has 0 aliphatic heterocycles. The van der Waals surface area contributed by atoms with Crippen LogP contribution in [0.4, 0.5) is 5.82 Å². The normalized spacial score (nSPS) is 11.1. The molecule has 0 saturated carbocycles. The maximum absolute atomic E-state index is 12.7. The summed E-state index contributed by atoms with van der Waals surface area (Å²) >= 11 is 1.53. The first kappa shape index (κ1) is 21.3. The first-order valence-corrected chi connectivity index (χ1v) is 11.4. The third-order valence-electron chi connectivity index (χ3n) is 4.96. The second kappa shape index (κ2) is 9.51. The summed E-state index contributed by atoms with van der Waals surface area (Å²) in [6, 6.07) is 26.0. The van der Waals surface area contributed by atoms with Crippen LogP contribution in [0.15, 0.2) is 101 Å². The average molecular weight is 466 g/mol. The van der Waals surface area contributed by atoms with Crippen molar-refractivity contribution in [3.63, 3.8) is 0 Å². The van der Waals surface area contributed by atoms with Crippen LogP contribution in [0.3, 0.4) is 0 Å². The number of H-pyrrole nitrogens is 1. The second-order valence-electron chi connectivity index (χ2n) is 7.36. The molecule has 0 spiro atoms. The number of nitrogens with zero attached hydrogens (tertiary/aromatic N) is 3. The van der Waals surface area contributed by atoms with E-state index in [9.17, 15) is 9.59 Å². The smallest absolute Gasteiger partial charge is 0.252 e. The van der Waals surface area contributed by atoms with Gasteiger partial charge in [0.15, 0.2) is 0 Å². The van der Waals surface area contributed by atoms with Gasteiger partial charge in [-0.3, -0.25) is 14.6 Å². The fraction of sp³-hybridized carbons (Fsp3) is 0. The fourth-order valence-corrected chi connectivity index (χ4v) is 4.06. The number of aromatic amines is 1. The van der Waals surface area contributed by atoms with Crippen molar-refractivity contribution in [2.75, 3.05) is 5.32 Å². The van der Waals surface area contributed by atoms with Gasteiger partial charge < -0.3 is 5.32 Å². The van der Waals surface area contributed by atoms with Gasteiger partial charge in [0.05, 0.1) is 10.6 Å². The molecular weight excluding hydrogens is 446 g/mol. The highest BCUT2D eigenvalue weighted by atomic mass is 32.1. The van der Waals surface area contributed by atoms with Crippen LogP contribution in [0.5, 0.6) is 0 Å². The van der Waals surface area contributed by atoms with E-state index in [1.54, 1.807) is 12.1 Å². The molecule has 0 aliphatic rings. The number of amides is 1. The molecule has 2 aromatic carbocycles. The zero-order valence-electron chi connectivity index (χ0n) is 17.9. The number of hydrogen-bond acceptors (Lipinski definition) is 5. The molecule has 0 aliphatic carbocycles. The van der Waals surface area contributed by atoms with E-state index >= 15 is 0 Å².